The predicted molar refractivity (Wildman–Crippen MR) is 76.4 cm³/mol. The van der Waals surface area contributed by atoms with Gasteiger partial charge in [0.25, 0.3) is 10.2 Å². The van der Waals surface area contributed by atoms with Gasteiger partial charge in [0.15, 0.2) is 0 Å². The van der Waals surface area contributed by atoms with Crippen molar-refractivity contribution in [2.75, 3.05) is 13.2 Å². The fraction of sp³-hybridized carbons (Fsp3) is 0.308. The summed E-state index contributed by atoms with van der Waals surface area (Å²) >= 11 is 0. The van der Waals surface area contributed by atoms with E-state index in [9.17, 15) is 13.2 Å². The van der Waals surface area contributed by atoms with E-state index in [1.807, 2.05) is 18.2 Å². The van der Waals surface area contributed by atoms with Crippen molar-refractivity contribution >= 4 is 27.1 Å². The maximum Gasteiger partial charge on any atom is 0.321 e. The molecule has 2 N–H and O–H groups in total. The number of furan rings is 1. The highest BCUT2D eigenvalue weighted by molar-refractivity contribution is 7.86. The number of fused-ring (bicyclic) bond motifs is 1. The standard InChI is InChI=1S/C13H16N2O5S/c1-2-19-13(16)9-15(21(14,17)18)8-11-7-10-5-3-4-6-12(10)20-11/h3-7H,2,8-9H2,1H3,(H2,14,17,18). The van der Waals surface area contributed by atoms with E-state index in [-0.39, 0.29) is 13.2 Å². The van der Waals surface area contributed by atoms with Crippen molar-refractivity contribution in [3.05, 3.63) is 36.1 Å². The van der Waals surface area contributed by atoms with Gasteiger partial charge in [0, 0.05) is 5.39 Å². The molecule has 0 atom stereocenters. The molecule has 0 radical (unpaired) electrons. The van der Waals surface area contributed by atoms with Crippen molar-refractivity contribution in [1.82, 2.24) is 4.31 Å². The maximum atomic E-state index is 11.5. The Hall–Kier alpha value is -1.90. The highest BCUT2D eigenvalue weighted by Gasteiger charge is 2.23. The molecule has 114 valence electrons. The minimum atomic E-state index is -4.04. The summed E-state index contributed by atoms with van der Waals surface area (Å²) in [5.74, 6) is -0.267. The fourth-order valence-corrected chi connectivity index (χ4v) is 2.47. The van der Waals surface area contributed by atoms with Crippen LogP contribution < -0.4 is 5.14 Å². The van der Waals surface area contributed by atoms with Crippen LogP contribution in [0, 0.1) is 0 Å². The Morgan fingerprint density at radius 2 is 2.10 bits per heavy atom. The van der Waals surface area contributed by atoms with Crippen molar-refractivity contribution in [3.63, 3.8) is 0 Å². The summed E-state index contributed by atoms with van der Waals surface area (Å²) in [4.78, 5) is 11.4. The summed E-state index contributed by atoms with van der Waals surface area (Å²) in [6, 6.07) is 8.97. The van der Waals surface area contributed by atoms with Gasteiger partial charge in [-0.2, -0.15) is 12.7 Å². The number of hydrogen-bond donors (Lipinski definition) is 1. The molecule has 2 aromatic rings. The van der Waals surface area contributed by atoms with E-state index in [0.29, 0.717) is 11.3 Å². The number of hydrogen-bond acceptors (Lipinski definition) is 5. The molecule has 0 aliphatic heterocycles. The summed E-state index contributed by atoms with van der Waals surface area (Å²) in [6.07, 6.45) is 0. The summed E-state index contributed by atoms with van der Waals surface area (Å²) in [5, 5.41) is 5.96. The molecule has 0 aliphatic carbocycles. The summed E-state index contributed by atoms with van der Waals surface area (Å²) in [7, 11) is -4.04. The maximum absolute atomic E-state index is 11.5. The Morgan fingerprint density at radius 3 is 2.71 bits per heavy atom. The van der Waals surface area contributed by atoms with Crippen molar-refractivity contribution in [1.29, 1.82) is 0 Å². The smallest absolute Gasteiger partial charge is 0.321 e. The SMILES string of the molecule is CCOC(=O)CN(Cc1cc2ccccc2o1)S(N)(=O)=O. The molecule has 8 heteroatoms. The molecule has 0 bridgehead atoms. The highest BCUT2D eigenvalue weighted by Crippen LogP contribution is 2.20. The monoisotopic (exact) mass is 312 g/mol. The second-order valence-electron chi connectivity index (χ2n) is 4.37. The van der Waals surface area contributed by atoms with Crippen LogP contribution in [-0.2, 0) is 26.3 Å². The number of nitrogens with zero attached hydrogens (tertiary/aromatic N) is 1. The molecule has 1 heterocycles. The minimum Gasteiger partial charge on any atom is -0.465 e. The molecule has 2 rings (SSSR count). The van der Waals surface area contributed by atoms with Crippen molar-refractivity contribution in [2.45, 2.75) is 13.5 Å². The average molecular weight is 312 g/mol. The summed E-state index contributed by atoms with van der Waals surface area (Å²) in [6.45, 7) is 1.22. The molecule has 21 heavy (non-hydrogen) atoms. The number of rotatable bonds is 6. The van der Waals surface area contributed by atoms with Crippen molar-refractivity contribution in [2.24, 2.45) is 5.14 Å². The molecular weight excluding hydrogens is 296 g/mol. The molecule has 0 amide bonds. The van der Waals surface area contributed by atoms with Crippen LogP contribution >= 0.6 is 0 Å². The van der Waals surface area contributed by atoms with Crippen LogP contribution in [-0.4, -0.2) is 31.8 Å². The fourth-order valence-electron chi connectivity index (χ4n) is 1.88. The van der Waals surface area contributed by atoms with Crippen LogP contribution in [0.1, 0.15) is 12.7 Å². The van der Waals surface area contributed by atoms with Gasteiger partial charge in [-0.15, -0.1) is 0 Å². The van der Waals surface area contributed by atoms with Gasteiger partial charge in [-0.05, 0) is 19.1 Å². The number of carbonyl (C=O) groups is 1. The summed E-state index contributed by atoms with van der Waals surface area (Å²) < 4.78 is 34.2. The third-order valence-corrected chi connectivity index (χ3v) is 3.76. The lowest BCUT2D eigenvalue weighted by molar-refractivity contribution is -0.143. The van der Waals surface area contributed by atoms with E-state index in [1.54, 1.807) is 19.1 Å². The lowest BCUT2D eigenvalue weighted by Gasteiger charge is -2.16. The van der Waals surface area contributed by atoms with Gasteiger partial charge in [-0.25, -0.2) is 5.14 Å². The first-order chi connectivity index (χ1) is 9.90. The zero-order valence-corrected chi connectivity index (χ0v) is 12.3. The van der Waals surface area contributed by atoms with Gasteiger partial charge < -0.3 is 9.15 Å². The predicted octanol–water partition coefficient (Wildman–Crippen LogP) is 1.00. The second kappa shape index (κ2) is 6.25. The van der Waals surface area contributed by atoms with E-state index >= 15 is 0 Å². The Balaban J connectivity index is 2.20. The third-order valence-electron chi connectivity index (χ3n) is 2.78. The number of esters is 1. The third kappa shape index (κ3) is 4.03. The molecule has 0 spiro atoms. The van der Waals surface area contributed by atoms with E-state index in [2.05, 4.69) is 0 Å². The van der Waals surface area contributed by atoms with Crippen LogP contribution in [0.5, 0.6) is 0 Å². The van der Waals surface area contributed by atoms with Gasteiger partial charge >= 0.3 is 5.97 Å². The Kier molecular flexibility index (Phi) is 4.61. The zero-order chi connectivity index (χ0) is 15.5. The Labute approximate surface area is 122 Å². The second-order valence-corrected chi connectivity index (χ2v) is 5.91. The van der Waals surface area contributed by atoms with Crippen LogP contribution in [0.2, 0.25) is 0 Å². The number of nitrogens with two attached hydrogens (primary N) is 1. The van der Waals surface area contributed by atoms with Crippen LogP contribution in [0.3, 0.4) is 0 Å². The molecule has 0 saturated carbocycles. The number of carbonyl (C=O) groups excluding carboxylic acids is 1. The number of benzene rings is 1. The minimum absolute atomic E-state index is 0.133. The van der Waals surface area contributed by atoms with Crippen molar-refractivity contribution in [3.8, 4) is 0 Å². The van der Waals surface area contributed by atoms with E-state index in [4.69, 9.17) is 14.3 Å². The number of para-hydroxylation sites is 1. The molecule has 0 aliphatic rings. The molecule has 1 aromatic carbocycles. The quantitative estimate of drug-likeness (QED) is 0.802. The van der Waals surface area contributed by atoms with E-state index < -0.39 is 22.7 Å². The molecule has 0 unspecified atom stereocenters. The van der Waals surface area contributed by atoms with Gasteiger partial charge in [0.05, 0.1) is 13.2 Å². The first-order valence-corrected chi connectivity index (χ1v) is 7.81. The molecular formula is C13H16N2O5S. The first kappa shape index (κ1) is 15.5. The first-order valence-electron chi connectivity index (χ1n) is 6.31. The lowest BCUT2D eigenvalue weighted by Crippen LogP contribution is -2.40. The topological polar surface area (TPSA) is 103 Å². The molecule has 7 nitrogen and oxygen atoms in total. The normalized spacial score (nSPS) is 12.0. The van der Waals surface area contributed by atoms with Gasteiger partial charge in [-0.3, -0.25) is 4.79 Å². The lowest BCUT2D eigenvalue weighted by atomic mass is 10.2. The van der Waals surface area contributed by atoms with Gasteiger partial charge in [-0.1, -0.05) is 18.2 Å². The highest BCUT2D eigenvalue weighted by atomic mass is 32.2. The van der Waals surface area contributed by atoms with Crippen LogP contribution in [0.4, 0.5) is 0 Å². The molecule has 1 aromatic heterocycles. The summed E-state index contributed by atoms with van der Waals surface area (Å²) in [5.41, 5.74) is 0.637. The van der Waals surface area contributed by atoms with Gasteiger partial charge in [0.2, 0.25) is 0 Å². The van der Waals surface area contributed by atoms with Gasteiger partial charge in [0.1, 0.15) is 17.9 Å². The average Bonchev–Trinajstić information content (AvgIpc) is 2.79. The zero-order valence-electron chi connectivity index (χ0n) is 11.5. The number of ether oxygens (including phenoxy) is 1. The Morgan fingerprint density at radius 1 is 1.38 bits per heavy atom. The Bertz CT molecular complexity index is 705. The molecule has 0 saturated heterocycles. The van der Waals surface area contributed by atoms with Crippen LogP contribution in [0.25, 0.3) is 11.0 Å². The molecule has 0 fully saturated rings. The van der Waals surface area contributed by atoms with E-state index in [0.717, 1.165) is 9.69 Å². The van der Waals surface area contributed by atoms with Crippen molar-refractivity contribution < 1.29 is 22.4 Å². The van der Waals surface area contributed by atoms with Crippen LogP contribution in [0.15, 0.2) is 34.7 Å². The largest absolute Gasteiger partial charge is 0.465 e. The van der Waals surface area contributed by atoms with E-state index in [1.165, 1.54) is 0 Å².